The molecule has 0 aliphatic carbocycles. The van der Waals surface area contributed by atoms with Gasteiger partial charge in [0.15, 0.2) is 0 Å². The van der Waals surface area contributed by atoms with Crippen molar-refractivity contribution in [3.8, 4) is 11.5 Å². The first kappa shape index (κ1) is 15.1. The topological polar surface area (TPSA) is 94.0 Å². The second kappa shape index (κ2) is 6.01. The van der Waals surface area contributed by atoms with Gasteiger partial charge < -0.3 is 10.2 Å². The van der Waals surface area contributed by atoms with Crippen molar-refractivity contribution in [2.75, 3.05) is 0 Å². The minimum Gasteiger partial charge on any atom is -0.419 e. The van der Waals surface area contributed by atoms with E-state index in [0.29, 0.717) is 17.9 Å². The van der Waals surface area contributed by atoms with Crippen LogP contribution in [0.25, 0.3) is 11.5 Å². The summed E-state index contributed by atoms with van der Waals surface area (Å²) in [5, 5.41) is 10.7. The van der Waals surface area contributed by atoms with E-state index < -0.39 is 11.4 Å². The van der Waals surface area contributed by atoms with Gasteiger partial charge in [0.1, 0.15) is 5.82 Å². The number of halogens is 1. The first-order valence-corrected chi connectivity index (χ1v) is 6.58. The van der Waals surface area contributed by atoms with Crippen LogP contribution < -0.4 is 11.1 Å². The number of rotatable bonds is 6. The molecule has 0 fully saturated rings. The van der Waals surface area contributed by atoms with Gasteiger partial charge in [-0.1, -0.05) is 13.0 Å². The molecule has 7 heteroatoms. The molecule has 21 heavy (non-hydrogen) atoms. The van der Waals surface area contributed by atoms with Crippen LogP contribution in [-0.4, -0.2) is 21.6 Å². The summed E-state index contributed by atoms with van der Waals surface area (Å²) in [4.78, 5) is 11.4. The minimum atomic E-state index is -0.840. The number of carbonyl (C=O) groups is 1. The Kier molecular flexibility index (Phi) is 4.32. The van der Waals surface area contributed by atoms with Gasteiger partial charge in [0.05, 0.1) is 12.1 Å². The zero-order chi connectivity index (χ0) is 15.5. The molecule has 0 bridgehead atoms. The van der Waals surface area contributed by atoms with Crippen molar-refractivity contribution < 1.29 is 13.6 Å². The molecule has 112 valence electrons. The lowest BCUT2D eigenvalue weighted by molar-refractivity contribution is -0.124. The van der Waals surface area contributed by atoms with Gasteiger partial charge in [-0.15, -0.1) is 10.2 Å². The Morgan fingerprint density at radius 3 is 2.86 bits per heavy atom. The van der Waals surface area contributed by atoms with Crippen LogP contribution in [0.1, 0.15) is 26.2 Å². The standard InChI is InChI=1S/C14H17FN4O2/c1-3-14(2,13(16)20)17-8-11-18-19-12(21-11)9-5-4-6-10(15)7-9/h4-7,17H,3,8H2,1-2H3,(H2,16,20)/t14-/m0/s1. The fraction of sp³-hybridized carbons (Fsp3) is 0.357. The number of nitrogens with one attached hydrogen (secondary N) is 1. The third kappa shape index (κ3) is 3.43. The number of carbonyl (C=O) groups excluding carboxylic acids is 1. The molecule has 0 saturated heterocycles. The molecule has 1 amide bonds. The summed E-state index contributed by atoms with van der Waals surface area (Å²) < 4.78 is 18.6. The predicted octanol–water partition coefficient (Wildman–Crippen LogP) is 1.62. The largest absolute Gasteiger partial charge is 0.419 e. The number of nitrogens with two attached hydrogens (primary N) is 1. The van der Waals surface area contributed by atoms with Gasteiger partial charge >= 0.3 is 0 Å². The molecule has 6 nitrogen and oxygen atoms in total. The van der Waals surface area contributed by atoms with Crippen LogP contribution in [0.3, 0.4) is 0 Å². The first-order chi connectivity index (χ1) is 9.94. The van der Waals surface area contributed by atoms with Crippen LogP contribution in [-0.2, 0) is 11.3 Å². The number of amides is 1. The second-order valence-corrected chi connectivity index (χ2v) is 4.91. The van der Waals surface area contributed by atoms with Gasteiger partial charge in [-0.25, -0.2) is 4.39 Å². The molecule has 0 aliphatic rings. The third-order valence-corrected chi connectivity index (χ3v) is 3.42. The molecule has 0 saturated carbocycles. The molecule has 0 radical (unpaired) electrons. The fourth-order valence-electron chi connectivity index (χ4n) is 1.72. The van der Waals surface area contributed by atoms with Gasteiger partial charge in [-0.2, -0.15) is 0 Å². The monoisotopic (exact) mass is 292 g/mol. The molecule has 2 aromatic rings. The van der Waals surface area contributed by atoms with Gasteiger partial charge in [0, 0.05) is 5.56 Å². The highest BCUT2D eigenvalue weighted by molar-refractivity contribution is 5.84. The number of primary amides is 1. The van der Waals surface area contributed by atoms with E-state index in [-0.39, 0.29) is 18.3 Å². The van der Waals surface area contributed by atoms with E-state index in [0.717, 1.165) is 0 Å². The summed E-state index contributed by atoms with van der Waals surface area (Å²) >= 11 is 0. The van der Waals surface area contributed by atoms with Gasteiger partial charge in [0.25, 0.3) is 0 Å². The lowest BCUT2D eigenvalue weighted by Gasteiger charge is -2.24. The van der Waals surface area contributed by atoms with Crippen molar-refractivity contribution in [3.63, 3.8) is 0 Å². The number of hydrogen-bond donors (Lipinski definition) is 2. The highest BCUT2D eigenvalue weighted by Gasteiger charge is 2.28. The van der Waals surface area contributed by atoms with E-state index >= 15 is 0 Å². The molecule has 2 rings (SSSR count). The molecule has 1 atom stereocenters. The molecule has 0 spiro atoms. The number of hydrogen-bond acceptors (Lipinski definition) is 5. The van der Waals surface area contributed by atoms with Crippen molar-refractivity contribution in [1.29, 1.82) is 0 Å². The summed E-state index contributed by atoms with van der Waals surface area (Å²) in [5.41, 5.74) is 5.01. The Hall–Kier alpha value is -2.28. The van der Waals surface area contributed by atoms with E-state index in [1.807, 2.05) is 6.92 Å². The number of nitrogens with zero attached hydrogens (tertiary/aromatic N) is 2. The molecule has 1 aromatic carbocycles. The zero-order valence-electron chi connectivity index (χ0n) is 11.9. The van der Waals surface area contributed by atoms with E-state index in [4.69, 9.17) is 10.2 Å². The van der Waals surface area contributed by atoms with Crippen molar-refractivity contribution in [2.45, 2.75) is 32.4 Å². The molecule has 0 aliphatic heterocycles. The summed E-state index contributed by atoms with van der Waals surface area (Å²) in [6.45, 7) is 3.76. The van der Waals surface area contributed by atoms with Crippen LogP contribution in [0.4, 0.5) is 4.39 Å². The molecule has 1 heterocycles. The zero-order valence-corrected chi connectivity index (χ0v) is 11.9. The number of benzene rings is 1. The third-order valence-electron chi connectivity index (χ3n) is 3.42. The van der Waals surface area contributed by atoms with Crippen LogP contribution in [0.15, 0.2) is 28.7 Å². The fourth-order valence-corrected chi connectivity index (χ4v) is 1.72. The summed E-state index contributed by atoms with van der Waals surface area (Å²) in [6, 6.07) is 5.88. The Morgan fingerprint density at radius 2 is 2.24 bits per heavy atom. The second-order valence-electron chi connectivity index (χ2n) is 4.91. The quantitative estimate of drug-likeness (QED) is 0.843. The SMILES string of the molecule is CC[C@](C)(NCc1nnc(-c2cccc(F)c2)o1)C(N)=O. The average molecular weight is 292 g/mol. The van der Waals surface area contributed by atoms with Gasteiger partial charge in [-0.05, 0) is 31.5 Å². The molecular formula is C14H17FN4O2. The molecular weight excluding hydrogens is 275 g/mol. The smallest absolute Gasteiger partial charge is 0.247 e. The normalized spacial score (nSPS) is 13.9. The first-order valence-electron chi connectivity index (χ1n) is 6.58. The lowest BCUT2D eigenvalue weighted by atomic mass is 9.98. The Labute approximate surface area is 121 Å². The van der Waals surface area contributed by atoms with Crippen molar-refractivity contribution in [3.05, 3.63) is 36.0 Å². The van der Waals surface area contributed by atoms with E-state index in [2.05, 4.69) is 15.5 Å². The highest BCUT2D eigenvalue weighted by Crippen LogP contribution is 2.19. The summed E-state index contributed by atoms with van der Waals surface area (Å²) in [6.07, 6.45) is 0.535. The van der Waals surface area contributed by atoms with Crippen molar-refractivity contribution in [2.24, 2.45) is 5.73 Å². The molecule has 3 N–H and O–H groups in total. The van der Waals surface area contributed by atoms with Crippen LogP contribution in [0.2, 0.25) is 0 Å². The highest BCUT2D eigenvalue weighted by atomic mass is 19.1. The number of aromatic nitrogens is 2. The Balaban J connectivity index is 2.09. The Morgan fingerprint density at radius 1 is 1.48 bits per heavy atom. The van der Waals surface area contributed by atoms with Crippen LogP contribution >= 0.6 is 0 Å². The average Bonchev–Trinajstić information content (AvgIpc) is 2.93. The molecule has 0 unspecified atom stereocenters. The molecule has 1 aromatic heterocycles. The van der Waals surface area contributed by atoms with E-state index in [9.17, 15) is 9.18 Å². The maximum atomic E-state index is 13.1. The Bertz CT molecular complexity index is 643. The van der Waals surface area contributed by atoms with Crippen molar-refractivity contribution >= 4 is 5.91 Å². The maximum absolute atomic E-state index is 13.1. The predicted molar refractivity (Wildman–Crippen MR) is 74.4 cm³/mol. The summed E-state index contributed by atoms with van der Waals surface area (Å²) in [5.74, 6) is -0.300. The van der Waals surface area contributed by atoms with E-state index in [1.165, 1.54) is 12.1 Å². The minimum absolute atomic E-state index is 0.204. The van der Waals surface area contributed by atoms with Gasteiger partial charge in [-0.3, -0.25) is 10.1 Å². The summed E-state index contributed by atoms with van der Waals surface area (Å²) in [7, 11) is 0. The van der Waals surface area contributed by atoms with Gasteiger partial charge in [0.2, 0.25) is 17.7 Å². The van der Waals surface area contributed by atoms with E-state index in [1.54, 1.807) is 19.1 Å². The maximum Gasteiger partial charge on any atom is 0.247 e. The van der Waals surface area contributed by atoms with Crippen LogP contribution in [0, 0.1) is 5.82 Å². The van der Waals surface area contributed by atoms with Crippen molar-refractivity contribution in [1.82, 2.24) is 15.5 Å². The lowest BCUT2D eigenvalue weighted by Crippen LogP contribution is -2.52. The van der Waals surface area contributed by atoms with Crippen LogP contribution in [0.5, 0.6) is 0 Å².